The Kier molecular flexibility index (Phi) is 4.04. The summed E-state index contributed by atoms with van der Waals surface area (Å²) < 4.78 is 5.21. The molecule has 0 bridgehead atoms. The van der Waals surface area contributed by atoms with Gasteiger partial charge in [0.1, 0.15) is 13.6 Å². The summed E-state index contributed by atoms with van der Waals surface area (Å²) in [6.45, 7) is 4.24. The molecule has 0 radical (unpaired) electrons. The van der Waals surface area contributed by atoms with E-state index >= 15 is 0 Å². The second kappa shape index (κ2) is 6.12. The number of methoxy groups -OCH3 is 1. The van der Waals surface area contributed by atoms with Crippen LogP contribution in [0.3, 0.4) is 0 Å². The first-order valence-corrected chi connectivity index (χ1v) is 7.47. The lowest BCUT2D eigenvalue weighted by atomic mass is 9.96. The van der Waals surface area contributed by atoms with Crippen molar-refractivity contribution in [2.75, 3.05) is 43.1 Å². The first-order chi connectivity index (χ1) is 10.3. The molecule has 2 aromatic rings. The number of piperazine rings is 1. The maximum absolute atomic E-state index is 5.21. The second-order valence-electron chi connectivity index (χ2n) is 5.51. The van der Waals surface area contributed by atoms with Crippen molar-refractivity contribution in [3.05, 3.63) is 48.5 Å². The molecule has 0 aromatic heterocycles. The Bertz CT molecular complexity index is 575. The number of hydrogen-bond acceptors (Lipinski definition) is 3. The van der Waals surface area contributed by atoms with E-state index in [4.69, 9.17) is 4.74 Å². The predicted molar refractivity (Wildman–Crippen MR) is 92.0 cm³/mol. The van der Waals surface area contributed by atoms with Crippen LogP contribution in [0, 0.1) is 0 Å². The van der Waals surface area contributed by atoms with Gasteiger partial charge in [-0.05, 0) is 36.4 Å². The van der Waals surface area contributed by atoms with Gasteiger partial charge in [0, 0.05) is 37.6 Å². The van der Waals surface area contributed by atoms with Crippen molar-refractivity contribution in [3.63, 3.8) is 0 Å². The van der Waals surface area contributed by atoms with Gasteiger partial charge in [-0.2, -0.15) is 0 Å². The van der Waals surface area contributed by atoms with Gasteiger partial charge in [0.25, 0.3) is 0 Å². The minimum Gasteiger partial charge on any atom is -0.497 e. The van der Waals surface area contributed by atoms with Gasteiger partial charge in [-0.3, -0.25) is 0 Å². The molecule has 1 aliphatic rings. The molecule has 1 heterocycles. The van der Waals surface area contributed by atoms with Gasteiger partial charge in [-0.15, -0.1) is 0 Å². The van der Waals surface area contributed by atoms with Crippen LogP contribution in [0.5, 0.6) is 5.75 Å². The molecule has 0 unspecified atom stereocenters. The van der Waals surface area contributed by atoms with Crippen LogP contribution >= 0.6 is 0 Å². The average Bonchev–Trinajstić information content (AvgIpc) is 2.56. The van der Waals surface area contributed by atoms with Crippen molar-refractivity contribution in [2.45, 2.75) is 0 Å². The van der Waals surface area contributed by atoms with Crippen molar-refractivity contribution in [1.82, 2.24) is 0 Å². The smallest absolute Gasteiger partial charge is 0.139 e. The highest BCUT2D eigenvalue weighted by Crippen LogP contribution is 2.22. The predicted octanol–water partition coefficient (Wildman–Crippen LogP) is 1.28. The summed E-state index contributed by atoms with van der Waals surface area (Å²) in [6, 6.07) is 17.2. The Morgan fingerprint density at radius 3 is 1.62 bits per heavy atom. The Morgan fingerprint density at radius 2 is 1.19 bits per heavy atom. The molecule has 1 fully saturated rings. The molecule has 0 atom stereocenters. The molecular formula is C17H21BN2O. The first-order valence-electron chi connectivity index (χ1n) is 7.47. The molecule has 3 nitrogen and oxygen atoms in total. The van der Waals surface area contributed by atoms with Crippen LogP contribution < -0.4 is 20.0 Å². The zero-order valence-electron chi connectivity index (χ0n) is 12.7. The van der Waals surface area contributed by atoms with Gasteiger partial charge in [-0.1, -0.05) is 17.6 Å². The normalized spacial score (nSPS) is 15.1. The Hall–Kier alpha value is -2.10. The quantitative estimate of drug-likeness (QED) is 0.788. The lowest BCUT2D eigenvalue weighted by molar-refractivity contribution is 0.415. The third-order valence-electron chi connectivity index (χ3n) is 4.12. The van der Waals surface area contributed by atoms with E-state index in [1.54, 1.807) is 7.11 Å². The van der Waals surface area contributed by atoms with Gasteiger partial charge < -0.3 is 14.5 Å². The fraction of sp³-hybridized carbons (Fsp3) is 0.294. The van der Waals surface area contributed by atoms with E-state index in [-0.39, 0.29) is 0 Å². The fourth-order valence-electron chi connectivity index (χ4n) is 2.77. The van der Waals surface area contributed by atoms with Gasteiger partial charge in [-0.25, -0.2) is 0 Å². The molecular weight excluding hydrogens is 259 g/mol. The molecule has 2 aromatic carbocycles. The molecule has 4 heteroatoms. The van der Waals surface area contributed by atoms with Gasteiger partial charge in [0.05, 0.1) is 7.11 Å². The summed E-state index contributed by atoms with van der Waals surface area (Å²) in [5, 5.41) is 0. The van der Waals surface area contributed by atoms with E-state index in [0.29, 0.717) is 0 Å². The van der Waals surface area contributed by atoms with Crippen LogP contribution in [0.4, 0.5) is 11.4 Å². The molecule has 0 N–H and O–H groups in total. The third-order valence-corrected chi connectivity index (χ3v) is 4.12. The van der Waals surface area contributed by atoms with Crippen molar-refractivity contribution < 1.29 is 4.74 Å². The van der Waals surface area contributed by atoms with Crippen LogP contribution in [-0.2, 0) is 0 Å². The summed E-state index contributed by atoms with van der Waals surface area (Å²) in [5.74, 6) is 0.914. The molecule has 108 valence electrons. The van der Waals surface area contributed by atoms with Gasteiger partial charge >= 0.3 is 0 Å². The van der Waals surface area contributed by atoms with Crippen molar-refractivity contribution in [1.29, 1.82) is 0 Å². The first kappa shape index (κ1) is 13.9. The number of nitrogens with zero attached hydrogens (tertiary/aromatic N) is 2. The maximum atomic E-state index is 5.21. The molecule has 21 heavy (non-hydrogen) atoms. The van der Waals surface area contributed by atoms with E-state index in [1.165, 1.54) is 16.8 Å². The van der Waals surface area contributed by atoms with E-state index in [0.717, 1.165) is 31.9 Å². The zero-order chi connectivity index (χ0) is 14.7. The van der Waals surface area contributed by atoms with Crippen molar-refractivity contribution >= 4 is 24.7 Å². The molecule has 1 saturated heterocycles. The van der Waals surface area contributed by atoms with E-state index in [9.17, 15) is 0 Å². The van der Waals surface area contributed by atoms with Crippen molar-refractivity contribution in [2.24, 2.45) is 0 Å². The summed E-state index contributed by atoms with van der Waals surface area (Å²) >= 11 is 0. The standard InChI is InChI=1S/C17H21BN2O/c1-21-17-8-6-16(7-9-17)20-12-10-19(11-13-20)15-4-2-14(18)3-5-15/h2-9H,10-13,18H2,1H3. The van der Waals surface area contributed by atoms with Crippen molar-refractivity contribution in [3.8, 4) is 5.75 Å². The Balaban J connectivity index is 1.62. The minimum atomic E-state index is 0.914. The number of anilines is 2. The van der Waals surface area contributed by atoms with E-state index in [1.807, 2.05) is 12.1 Å². The molecule has 0 aliphatic carbocycles. The highest BCUT2D eigenvalue weighted by molar-refractivity contribution is 6.32. The number of ether oxygens (including phenoxy) is 1. The summed E-state index contributed by atoms with van der Waals surface area (Å²) in [4.78, 5) is 4.89. The number of hydrogen-bond donors (Lipinski definition) is 0. The van der Waals surface area contributed by atoms with Crippen LogP contribution in [0.15, 0.2) is 48.5 Å². The lowest BCUT2D eigenvalue weighted by Gasteiger charge is -2.37. The zero-order valence-corrected chi connectivity index (χ0v) is 12.7. The van der Waals surface area contributed by atoms with E-state index < -0.39 is 0 Å². The molecule has 0 amide bonds. The molecule has 0 spiro atoms. The minimum absolute atomic E-state index is 0.914. The van der Waals surface area contributed by atoms with Gasteiger partial charge in [0.15, 0.2) is 0 Å². The summed E-state index contributed by atoms with van der Waals surface area (Å²) in [6.07, 6.45) is 0. The van der Waals surface area contributed by atoms with Gasteiger partial charge in [0.2, 0.25) is 0 Å². The second-order valence-corrected chi connectivity index (χ2v) is 5.51. The fourth-order valence-corrected chi connectivity index (χ4v) is 2.77. The topological polar surface area (TPSA) is 15.7 Å². The molecule has 0 saturated carbocycles. The average molecular weight is 280 g/mol. The maximum Gasteiger partial charge on any atom is 0.139 e. The molecule has 1 aliphatic heterocycles. The monoisotopic (exact) mass is 280 g/mol. The van der Waals surface area contributed by atoms with E-state index in [2.05, 4.69) is 54.0 Å². The number of rotatable bonds is 3. The lowest BCUT2D eigenvalue weighted by Crippen LogP contribution is -2.46. The largest absolute Gasteiger partial charge is 0.497 e. The Labute approximate surface area is 127 Å². The molecule has 3 rings (SSSR count). The Morgan fingerprint density at radius 1 is 0.762 bits per heavy atom. The SMILES string of the molecule is Bc1ccc(N2CCN(c3ccc(OC)cc3)CC2)cc1. The highest BCUT2D eigenvalue weighted by atomic mass is 16.5. The summed E-state index contributed by atoms with van der Waals surface area (Å²) in [5.41, 5.74) is 3.92. The third kappa shape index (κ3) is 3.15. The van der Waals surface area contributed by atoms with Crippen LogP contribution in [-0.4, -0.2) is 41.1 Å². The van der Waals surface area contributed by atoms with Crippen LogP contribution in [0.2, 0.25) is 0 Å². The van der Waals surface area contributed by atoms with Crippen LogP contribution in [0.25, 0.3) is 0 Å². The summed E-state index contributed by atoms with van der Waals surface area (Å²) in [7, 11) is 3.83. The number of benzene rings is 2. The van der Waals surface area contributed by atoms with Crippen LogP contribution in [0.1, 0.15) is 0 Å². The highest BCUT2D eigenvalue weighted by Gasteiger charge is 2.17.